The van der Waals surface area contributed by atoms with Crippen LogP contribution in [0.2, 0.25) is 0 Å². The van der Waals surface area contributed by atoms with Gasteiger partial charge in [0.05, 0.1) is 4.47 Å². The van der Waals surface area contributed by atoms with Gasteiger partial charge in [-0.15, -0.1) is 0 Å². The molecule has 0 fully saturated rings. The zero-order valence-electron chi connectivity index (χ0n) is 10.9. The molecule has 0 bridgehead atoms. The molecule has 2 aromatic rings. The summed E-state index contributed by atoms with van der Waals surface area (Å²) >= 11 is 3.24. The molecule has 0 saturated heterocycles. The molecule has 0 radical (unpaired) electrons. The molecule has 2 N–H and O–H groups in total. The third-order valence-electron chi connectivity index (χ3n) is 3.49. The van der Waals surface area contributed by atoms with Crippen LogP contribution in [0.1, 0.15) is 18.1 Å². The van der Waals surface area contributed by atoms with E-state index in [1.807, 2.05) is 49.4 Å². The topological polar surface area (TPSA) is 26.0 Å². The normalized spacial score (nSPS) is 14.1. The molecule has 0 aliphatic heterocycles. The minimum Gasteiger partial charge on any atom is -0.330 e. The van der Waals surface area contributed by atoms with Gasteiger partial charge in [-0.25, -0.2) is 4.39 Å². The molecule has 3 heteroatoms. The quantitative estimate of drug-likeness (QED) is 0.903. The lowest BCUT2D eigenvalue weighted by Crippen LogP contribution is -2.35. The highest BCUT2D eigenvalue weighted by Gasteiger charge is 2.29. The van der Waals surface area contributed by atoms with E-state index in [1.165, 1.54) is 0 Å². The number of rotatable bonds is 4. The molecule has 0 spiro atoms. The number of nitrogens with two attached hydrogens (primary N) is 1. The number of hydrogen-bond acceptors (Lipinski definition) is 1. The van der Waals surface area contributed by atoms with Crippen LogP contribution in [0.5, 0.6) is 0 Å². The molecular formula is C16H17BrFN. The maximum absolute atomic E-state index is 14.3. The Labute approximate surface area is 121 Å². The van der Waals surface area contributed by atoms with Crippen molar-refractivity contribution in [3.8, 4) is 0 Å². The molecule has 0 aromatic heterocycles. The van der Waals surface area contributed by atoms with Crippen LogP contribution in [0.25, 0.3) is 0 Å². The average molecular weight is 322 g/mol. The van der Waals surface area contributed by atoms with Gasteiger partial charge in [0.2, 0.25) is 0 Å². The van der Waals surface area contributed by atoms with Crippen molar-refractivity contribution in [2.24, 2.45) is 5.73 Å². The Morgan fingerprint density at radius 3 is 2.42 bits per heavy atom. The summed E-state index contributed by atoms with van der Waals surface area (Å²) in [6.07, 6.45) is 0.720. The van der Waals surface area contributed by atoms with E-state index in [4.69, 9.17) is 5.73 Å². The van der Waals surface area contributed by atoms with Crippen LogP contribution in [0, 0.1) is 5.82 Å². The van der Waals surface area contributed by atoms with Crippen molar-refractivity contribution in [3.63, 3.8) is 0 Å². The summed E-state index contributed by atoms with van der Waals surface area (Å²) in [5, 5.41) is 0. The molecule has 0 aliphatic carbocycles. The number of benzene rings is 2. The van der Waals surface area contributed by atoms with Crippen LogP contribution in [0.4, 0.5) is 4.39 Å². The molecule has 19 heavy (non-hydrogen) atoms. The Bertz CT molecular complexity index is 556. The lowest BCUT2D eigenvalue weighted by Gasteiger charge is -2.29. The fourth-order valence-electron chi connectivity index (χ4n) is 2.29. The van der Waals surface area contributed by atoms with E-state index in [1.54, 1.807) is 6.07 Å². The van der Waals surface area contributed by atoms with Crippen molar-refractivity contribution >= 4 is 15.9 Å². The second-order valence-electron chi connectivity index (χ2n) is 5.03. The van der Waals surface area contributed by atoms with E-state index in [9.17, 15) is 4.39 Å². The zero-order valence-corrected chi connectivity index (χ0v) is 12.5. The third-order valence-corrected chi connectivity index (χ3v) is 4.10. The monoisotopic (exact) mass is 321 g/mol. The van der Waals surface area contributed by atoms with Gasteiger partial charge >= 0.3 is 0 Å². The fourth-order valence-corrected chi connectivity index (χ4v) is 2.66. The minimum atomic E-state index is -0.408. The molecular weight excluding hydrogens is 305 g/mol. The summed E-state index contributed by atoms with van der Waals surface area (Å²) < 4.78 is 14.8. The third kappa shape index (κ3) is 3.04. The predicted molar refractivity (Wildman–Crippen MR) is 80.7 cm³/mol. The minimum absolute atomic E-state index is 0.216. The van der Waals surface area contributed by atoms with Crippen molar-refractivity contribution in [3.05, 3.63) is 69.9 Å². The molecule has 1 atom stereocenters. The largest absolute Gasteiger partial charge is 0.330 e. The van der Waals surface area contributed by atoms with Gasteiger partial charge in [-0.3, -0.25) is 0 Å². The summed E-state index contributed by atoms with van der Waals surface area (Å²) in [4.78, 5) is 0. The average Bonchev–Trinajstić information content (AvgIpc) is 2.43. The van der Waals surface area contributed by atoms with Gasteiger partial charge in [-0.05, 0) is 39.5 Å². The maximum atomic E-state index is 14.3. The van der Waals surface area contributed by atoms with Crippen molar-refractivity contribution in [2.75, 3.05) is 6.54 Å². The lowest BCUT2D eigenvalue weighted by atomic mass is 9.77. The van der Waals surface area contributed by atoms with Crippen LogP contribution in [-0.2, 0) is 11.8 Å². The van der Waals surface area contributed by atoms with Crippen LogP contribution >= 0.6 is 15.9 Å². The van der Waals surface area contributed by atoms with E-state index in [-0.39, 0.29) is 5.82 Å². The predicted octanol–water partition coefficient (Wildman–Crippen LogP) is 4.05. The maximum Gasteiger partial charge on any atom is 0.141 e. The van der Waals surface area contributed by atoms with Gasteiger partial charge in [0, 0.05) is 12.0 Å². The van der Waals surface area contributed by atoms with E-state index in [0.717, 1.165) is 12.0 Å². The highest BCUT2D eigenvalue weighted by Crippen LogP contribution is 2.32. The van der Waals surface area contributed by atoms with Gasteiger partial charge in [-0.2, -0.15) is 0 Å². The summed E-state index contributed by atoms with van der Waals surface area (Å²) in [5.41, 5.74) is 7.34. The summed E-state index contributed by atoms with van der Waals surface area (Å²) in [6.45, 7) is 2.40. The van der Waals surface area contributed by atoms with Gasteiger partial charge < -0.3 is 5.73 Å². The first-order valence-corrected chi connectivity index (χ1v) is 7.04. The van der Waals surface area contributed by atoms with Gasteiger partial charge in [0.25, 0.3) is 0 Å². The Morgan fingerprint density at radius 2 is 1.79 bits per heavy atom. The van der Waals surface area contributed by atoms with E-state index in [2.05, 4.69) is 15.9 Å². The Hall–Kier alpha value is -1.19. The van der Waals surface area contributed by atoms with Crippen molar-refractivity contribution in [1.29, 1.82) is 0 Å². The molecule has 0 amide bonds. The van der Waals surface area contributed by atoms with Gasteiger partial charge in [0.1, 0.15) is 5.82 Å². The first-order valence-electron chi connectivity index (χ1n) is 6.25. The zero-order chi connectivity index (χ0) is 13.9. The standard InChI is InChI=1S/C16H17BrFN/c1-16(11-19,10-12-6-3-2-4-7-12)13-8-5-9-14(17)15(13)18/h2-9H,10-11,19H2,1H3. The molecule has 2 aromatic carbocycles. The second-order valence-corrected chi connectivity index (χ2v) is 5.88. The van der Waals surface area contributed by atoms with E-state index < -0.39 is 5.41 Å². The van der Waals surface area contributed by atoms with Crippen LogP contribution in [0.15, 0.2) is 53.0 Å². The SMILES string of the molecule is CC(CN)(Cc1ccccc1)c1cccc(Br)c1F. The van der Waals surface area contributed by atoms with E-state index >= 15 is 0 Å². The Morgan fingerprint density at radius 1 is 1.11 bits per heavy atom. The molecule has 1 unspecified atom stereocenters. The summed E-state index contributed by atoms with van der Waals surface area (Å²) in [7, 11) is 0. The van der Waals surface area contributed by atoms with Crippen molar-refractivity contribution in [1.82, 2.24) is 0 Å². The smallest absolute Gasteiger partial charge is 0.141 e. The van der Waals surface area contributed by atoms with Crippen LogP contribution in [-0.4, -0.2) is 6.54 Å². The molecule has 0 aliphatic rings. The van der Waals surface area contributed by atoms with Crippen LogP contribution < -0.4 is 5.73 Å². The first kappa shape index (κ1) is 14.2. The molecule has 0 saturated carbocycles. The lowest BCUT2D eigenvalue weighted by molar-refractivity contribution is 0.448. The second kappa shape index (κ2) is 5.85. The highest BCUT2D eigenvalue weighted by molar-refractivity contribution is 9.10. The van der Waals surface area contributed by atoms with Crippen molar-refractivity contribution < 1.29 is 4.39 Å². The molecule has 1 nitrogen and oxygen atoms in total. The van der Waals surface area contributed by atoms with Crippen LogP contribution in [0.3, 0.4) is 0 Å². The number of hydrogen-bond donors (Lipinski definition) is 1. The molecule has 0 heterocycles. The first-order chi connectivity index (χ1) is 9.07. The van der Waals surface area contributed by atoms with Crippen molar-refractivity contribution in [2.45, 2.75) is 18.8 Å². The van der Waals surface area contributed by atoms with Gasteiger partial charge in [-0.1, -0.05) is 49.4 Å². The summed E-state index contributed by atoms with van der Waals surface area (Å²) in [6, 6.07) is 15.4. The van der Waals surface area contributed by atoms with E-state index in [0.29, 0.717) is 16.6 Å². The Kier molecular flexibility index (Phi) is 4.38. The molecule has 2 rings (SSSR count). The Balaban J connectivity index is 2.40. The summed E-state index contributed by atoms with van der Waals surface area (Å²) in [5.74, 6) is -0.216. The fraction of sp³-hybridized carbons (Fsp3) is 0.250. The highest BCUT2D eigenvalue weighted by atomic mass is 79.9. The number of halogens is 2. The van der Waals surface area contributed by atoms with Gasteiger partial charge in [0.15, 0.2) is 0 Å². The molecule has 100 valence electrons.